The van der Waals surface area contributed by atoms with Crippen molar-refractivity contribution in [1.82, 2.24) is 0 Å². The SMILES string of the molecule is CCOC1=Nc2cc(Cl)c(Cl)cc2NC1(C)C. The molecule has 0 fully saturated rings. The smallest absolute Gasteiger partial charge is 0.214 e. The van der Waals surface area contributed by atoms with Crippen molar-refractivity contribution in [2.45, 2.75) is 26.3 Å². The molecule has 1 aromatic rings. The van der Waals surface area contributed by atoms with Crippen molar-refractivity contribution in [2.24, 2.45) is 4.99 Å². The minimum atomic E-state index is -0.347. The highest BCUT2D eigenvalue weighted by molar-refractivity contribution is 6.42. The zero-order valence-corrected chi connectivity index (χ0v) is 11.5. The van der Waals surface area contributed by atoms with Gasteiger partial charge in [-0.05, 0) is 32.9 Å². The fourth-order valence-corrected chi connectivity index (χ4v) is 2.04. The summed E-state index contributed by atoms with van der Waals surface area (Å²) in [5.74, 6) is 0.658. The fourth-order valence-electron chi connectivity index (χ4n) is 1.72. The summed E-state index contributed by atoms with van der Waals surface area (Å²) in [5.41, 5.74) is 1.27. The maximum atomic E-state index is 5.98. The molecule has 0 atom stereocenters. The third-order valence-electron chi connectivity index (χ3n) is 2.52. The molecule has 1 aliphatic rings. The lowest BCUT2D eigenvalue weighted by molar-refractivity contribution is 0.300. The molecule has 3 nitrogen and oxygen atoms in total. The molecule has 0 bridgehead atoms. The Bertz CT molecular complexity index is 484. The third kappa shape index (κ3) is 2.35. The molecule has 92 valence electrons. The molecule has 17 heavy (non-hydrogen) atoms. The van der Waals surface area contributed by atoms with Gasteiger partial charge in [0.15, 0.2) is 0 Å². The Hall–Kier alpha value is -0.930. The van der Waals surface area contributed by atoms with Crippen LogP contribution < -0.4 is 5.32 Å². The number of rotatable bonds is 1. The number of ether oxygens (including phenoxy) is 1. The average molecular weight is 273 g/mol. The van der Waals surface area contributed by atoms with Gasteiger partial charge in [0, 0.05) is 0 Å². The normalized spacial score (nSPS) is 16.9. The highest BCUT2D eigenvalue weighted by Crippen LogP contribution is 2.39. The minimum Gasteiger partial charge on any atom is -0.479 e. The lowest BCUT2D eigenvalue weighted by Crippen LogP contribution is -2.43. The van der Waals surface area contributed by atoms with Gasteiger partial charge in [0.1, 0.15) is 5.54 Å². The van der Waals surface area contributed by atoms with Gasteiger partial charge in [-0.15, -0.1) is 0 Å². The van der Waals surface area contributed by atoms with E-state index in [1.165, 1.54) is 0 Å². The van der Waals surface area contributed by atoms with Gasteiger partial charge >= 0.3 is 0 Å². The number of benzene rings is 1. The van der Waals surface area contributed by atoms with E-state index in [4.69, 9.17) is 27.9 Å². The molecule has 1 heterocycles. The first-order valence-corrected chi connectivity index (χ1v) is 6.19. The van der Waals surface area contributed by atoms with Gasteiger partial charge in [-0.1, -0.05) is 23.2 Å². The predicted octanol–water partition coefficient (Wildman–Crippen LogP) is 4.26. The maximum Gasteiger partial charge on any atom is 0.214 e. The standard InChI is InChI=1S/C12H14Cl2N2O/c1-4-17-11-12(2,3)16-10-6-8(14)7(13)5-9(10)15-11/h5-6,16H,4H2,1-3H3. The molecule has 0 unspecified atom stereocenters. The molecule has 0 radical (unpaired) electrons. The summed E-state index contributed by atoms with van der Waals surface area (Å²) in [5, 5.41) is 4.35. The summed E-state index contributed by atoms with van der Waals surface area (Å²) in [6.45, 7) is 6.53. The Morgan fingerprint density at radius 1 is 1.29 bits per heavy atom. The van der Waals surface area contributed by atoms with Gasteiger partial charge in [-0.25, -0.2) is 4.99 Å². The van der Waals surface area contributed by atoms with Crippen molar-refractivity contribution in [2.75, 3.05) is 11.9 Å². The number of aliphatic imine (C=N–C) groups is 1. The van der Waals surface area contributed by atoms with Gasteiger partial charge in [-0.3, -0.25) is 0 Å². The van der Waals surface area contributed by atoms with Crippen LogP contribution in [0.5, 0.6) is 0 Å². The molecule has 0 spiro atoms. The fraction of sp³-hybridized carbons (Fsp3) is 0.417. The Balaban J connectivity index is 2.50. The van der Waals surface area contributed by atoms with Crippen LogP contribution in [0.4, 0.5) is 11.4 Å². The molecular weight excluding hydrogens is 259 g/mol. The van der Waals surface area contributed by atoms with Crippen molar-refractivity contribution >= 4 is 40.5 Å². The topological polar surface area (TPSA) is 33.6 Å². The Morgan fingerprint density at radius 3 is 2.59 bits per heavy atom. The highest BCUT2D eigenvalue weighted by Gasteiger charge is 2.31. The van der Waals surface area contributed by atoms with E-state index < -0.39 is 0 Å². The van der Waals surface area contributed by atoms with Gasteiger partial charge < -0.3 is 10.1 Å². The number of halogens is 2. The van der Waals surface area contributed by atoms with E-state index >= 15 is 0 Å². The van der Waals surface area contributed by atoms with Crippen LogP contribution in [-0.4, -0.2) is 18.0 Å². The molecule has 1 N–H and O–H groups in total. The number of hydrogen-bond donors (Lipinski definition) is 1. The van der Waals surface area contributed by atoms with Crippen molar-refractivity contribution in [1.29, 1.82) is 0 Å². The van der Waals surface area contributed by atoms with Crippen molar-refractivity contribution in [3.05, 3.63) is 22.2 Å². The lowest BCUT2D eigenvalue weighted by atomic mass is 10.0. The summed E-state index contributed by atoms with van der Waals surface area (Å²) < 4.78 is 5.54. The van der Waals surface area contributed by atoms with Gasteiger partial charge in [-0.2, -0.15) is 0 Å². The Labute approximate surface area is 111 Å². The summed E-state index contributed by atoms with van der Waals surface area (Å²) in [6.07, 6.45) is 0. The second-order valence-corrected chi connectivity index (χ2v) is 5.20. The highest BCUT2D eigenvalue weighted by atomic mass is 35.5. The van der Waals surface area contributed by atoms with Crippen LogP contribution in [0.2, 0.25) is 10.0 Å². The second-order valence-electron chi connectivity index (χ2n) is 4.38. The first kappa shape index (κ1) is 12.5. The van der Waals surface area contributed by atoms with Gasteiger partial charge in [0.2, 0.25) is 5.90 Å². The molecule has 0 aromatic heterocycles. The largest absolute Gasteiger partial charge is 0.479 e. The molecule has 5 heteroatoms. The minimum absolute atomic E-state index is 0.347. The van der Waals surface area contributed by atoms with Crippen molar-refractivity contribution in [3.63, 3.8) is 0 Å². The third-order valence-corrected chi connectivity index (χ3v) is 3.25. The molecule has 0 amide bonds. The predicted molar refractivity (Wildman–Crippen MR) is 72.9 cm³/mol. The van der Waals surface area contributed by atoms with Crippen LogP contribution in [0.25, 0.3) is 0 Å². The van der Waals surface area contributed by atoms with Gasteiger partial charge in [0.05, 0.1) is 28.0 Å². The Morgan fingerprint density at radius 2 is 1.94 bits per heavy atom. The van der Waals surface area contributed by atoms with E-state index in [1.807, 2.05) is 20.8 Å². The van der Waals surface area contributed by atoms with Crippen LogP contribution in [0, 0.1) is 0 Å². The van der Waals surface area contributed by atoms with Crippen molar-refractivity contribution in [3.8, 4) is 0 Å². The summed E-state index contributed by atoms with van der Waals surface area (Å²) in [6, 6.07) is 3.52. The average Bonchev–Trinajstić information content (AvgIpc) is 2.22. The van der Waals surface area contributed by atoms with Crippen LogP contribution in [0.15, 0.2) is 17.1 Å². The maximum absolute atomic E-state index is 5.98. The molecule has 1 aromatic carbocycles. The number of fused-ring (bicyclic) bond motifs is 1. The van der Waals surface area contributed by atoms with Crippen molar-refractivity contribution < 1.29 is 4.74 Å². The number of hydrogen-bond acceptors (Lipinski definition) is 3. The van der Waals surface area contributed by atoms with Gasteiger partial charge in [0.25, 0.3) is 0 Å². The lowest BCUT2D eigenvalue weighted by Gasteiger charge is -2.33. The van der Waals surface area contributed by atoms with E-state index in [9.17, 15) is 0 Å². The monoisotopic (exact) mass is 272 g/mol. The summed E-state index contributed by atoms with van der Waals surface area (Å²) in [4.78, 5) is 4.48. The first-order valence-electron chi connectivity index (χ1n) is 5.43. The quantitative estimate of drug-likeness (QED) is 0.829. The molecule has 0 saturated carbocycles. The van der Waals surface area contributed by atoms with Crippen LogP contribution in [0.3, 0.4) is 0 Å². The van der Waals surface area contributed by atoms with E-state index in [1.54, 1.807) is 12.1 Å². The van der Waals surface area contributed by atoms with Crippen LogP contribution in [0.1, 0.15) is 20.8 Å². The van der Waals surface area contributed by atoms with E-state index in [-0.39, 0.29) is 5.54 Å². The van der Waals surface area contributed by atoms with E-state index in [0.717, 1.165) is 11.4 Å². The first-order chi connectivity index (χ1) is 7.94. The molecule has 0 aliphatic carbocycles. The van der Waals surface area contributed by atoms with Crippen LogP contribution in [-0.2, 0) is 4.74 Å². The zero-order valence-electron chi connectivity index (χ0n) is 9.97. The Kier molecular flexibility index (Phi) is 3.23. The molecule has 2 rings (SSSR count). The molecular formula is C12H14Cl2N2O. The number of nitrogens with one attached hydrogen (secondary N) is 1. The zero-order chi connectivity index (χ0) is 12.6. The van der Waals surface area contributed by atoms with E-state index in [0.29, 0.717) is 22.5 Å². The van der Waals surface area contributed by atoms with Crippen LogP contribution >= 0.6 is 23.2 Å². The van der Waals surface area contributed by atoms with E-state index in [2.05, 4.69) is 10.3 Å². The second kappa shape index (κ2) is 4.39. The number of anilines is 1. The number of nitrogens with zero attached hydrogens (tertiary/aromatic N) is 1. The summed E-state index contributed by atoms with van der Waals surface area (Å²) >= 11 is 12.0. The molecule has 1 aliphatic heterocycles. The molecule has 0 saturated heterocycles. The summed E-state index contributed by atoms with van der Waals surface area (Å²) in [7, 11) is 0.